The van der Waals surface area contributed by atoms with Gasteiger partial charge in [-0.3, -0.25) is 4.79 Å². The van der Waals surface area contributed by atoms with Crippen molar-refractivity contribution < 1.29 is 17.6 Å². The van der Waals surface area contributed by atoms with Gasteiger partial charge in [-0.25, -0.2) is 23.5 Å². The Morgan fingerprint density at radius 3 is 2.84 bits per heavy atom. The number of carbonyl (C=O) groups is 1. The average molecular weight is 473 g/mol. The minimum Gasteiger partial charge on any atom is -0.441 e. The van der Waals surface area contributed by atoms with E-state index in [0.29, 0.717) is 48.0 Å². The largest absolute Gasteiger partial charge is 0.441 e. The number of aromatic nitrogens is 2. The van der Waals surface area contributed by atoms with Gasteiger partial charge in [0.15, 0.2) is 0 Å². The molecule has 1 aliphatic rings. The lowest BCUT2D eigenvalue weighted by atomic mass is 10.1. The van der Waals surface area contributed by atoms with Gasteiger partial charge in [0, 0.05) is 19.5 Å². The predicted octanol–water partition coefficient (Wildman–Crippen LogP) is 1.81. The molecule has 0 radical (unpaired) electrons. The van der Waals surface area contributed by atoms with Gasteiger partial charge < -0.3 is 14.6 Å². The molecule has 0 atom stereocenters. The Morgan fingerprint density at radius 1 is 1.47 bits per heavy atom. The molecule has 0 bridgehead atoms. The number of anilines is 1. The Bertz CT molecular complexity index is 1330. The number of nitrogens with one attached hydrogen (secondary N) is 1. The van der Waals surface area contributed by atoms with Crippen LogP contribution in [-0.2, 0) is 16.4 Å². The minimum absolute atomic E-state index is 0.0318. The van der Waals surface area contributed by atoms with Gasteiger partial charge in [-0.15, -0.1) is 11.3 Å². The summed E-state index contributed by atoms with van der Waals surface area (Å²) in [5.41, 5.74) is 1.74. The van der Waals surface area contributed by atoms with Crippen LogP contribution in [0.25, 0.3) is 11.5 Å². The smallest absolute Gasteiger partial charge is 0.253 e. The molecule has 3 aromatic heterocycles. The van der Waals surface area contributed by atoms with E-state index >= 15 is 0 Å². The second-order valence-corrected chi connectivity index (χ2v) is 10.0. The highest BCUT2D eigenvalue weighted by Gasteiger charge is 2.33. The number of primary sulfonamides is 1. The normalized spacial score (nSPS) is 14.1. The summed E-state index contributed by atoms with van der Waals surface area (Å²) in [7, 11) is -3.97. The molecular formula is C20H20N6O4S2. The highest BCUT2D eigenvalue weighted by Crippen LogP contribution is 2.30. The quantitative estimate of drug-likeness (QED) is 0.550. The lowest BCUT2D eigenvalue weighted by Gasteiger charge is -2.40. The third-order valence-corrected chi connectivity index (χ3v) is 7.52. The fourth-order valence-electron chi connectivity index (χ4n) is 3.42. The molecular weight excluding hydrogens is 452 g/mol. The van der Waals surface area contributed by atoms with Crippen molar-refractivity contribution in [3.63, 3.8) is 0 Å². The maximum Gasteiger partial charge on any atom is 0.253 e. The Balaban J connectivity index is 1.48. The number of rotatable bonds is 6. The van der Waals surface area contributed by atoms with Crippen molar-refractivity contribution in [1.82, 2.24) is 15.3 Å². The van der Waals surface area contributed by atoms with Crippen LogP contribution in [0.3, 0.4) is 0 Å². The number of nitriles is 1. The molecule has 3 N–H and O–H groups in total. The first-order valence-electron chi connectivity index (χ1n) is 9.74. The molecule has 1 fully saturated rings. The van der Waals surface area contributed by atoms with Crippen molar-refractivity contribution >= 4 is 33.1 Å². The van der Waals surface area contributed by atoms with E-state index < -0.39 is 15.9 Å². The molecule has 166 valence electrons. The summed E-state index contributed by atoms with van der Waals surface area (Å²) >= 11 is 0.901. The molecule has 1 saturated heterocycles. The molecule has 0 aliphatic carbocycles. The maximum atomic E-state index is 12.5. The SMILES string of the molecule is CCc1cnc(-c2cc(C#N)c(N3CC(NC(=O)c4ccsc4S(N)(=O)=O)C3)nc2C)o1. The summed E-state index contributed by atoms with van der Waals surface area (Å²) in [4.78, 5) is 23.2. The summed E-state index contributed by atoms with van der Waals surface area (Å²) < 4.78 is 28.8. The second kappa shape index (κ2) is 8.34. The number of carbonyl (C=O) groups excluding carboxylic acids is 1. The number of sulfonamides is 1. The third-order valence-electron chi connectivity index (χ3n) is 5.09. The average Bonchev–Trinajstić information content (AvgIpc) is 3.39. The van der Waals surface area contributed by atoms with E-state index in [4.69, 9.17) is 9.56 Å². The number of aryl methyl sites for hydroxylation is 2. The first kappa shape index (κ1) is 21.9. The fourth-order valence-corrected chi connectivity index (χ4v) is 5.20. The summed E-state index contributed by atoms with van der Waals surface area (Å²) in [5.74, 6) is 1.18. The minimum atomic E-state index is -3.97. The van der Waals surface area contributed by atoms with Crippen LogP contribution >= 0.6 is 11.3 Å². The molecule has 32 heavy (non-hydrogen) atoms. The van der Waals surface area contributed by atoms with E-state index in [9.17, 15) is 18.5 Å². The Kier molecular flexibility index (Phi) is 5.72. The number of oxazole rings is 1. The van der Waals surface area contributed by atoms with Gasteiger partial charge in [-0.2, -0.15) is 5.26 Å². The van der Waals surface area contributed by atoms with Gasteiger partial charge in [-0.05, 0) is 24.4 Å². The van der Waals surface area contributed by atoms with E-state index in [1.807, 2.05) is 18.7 Å². The molecule has 0 unspecified atom stereocenters. The van der Waals surface area contributed by atoms with Gasteiger partial charge in [0.05, 0.1) is 34.6 Å². The Hall–Kier alpha value is -3.27. The van der Waals surface area contributed by atoms with Crippen LogP contribution in [0.15, 0.2) is 32.3 Å². The van der Waals surface area contributed by atoms with E-state index in [1.165, 1.54) is 11.4 Å². The Morgan fingerprint density at radius 2 is 2.22 bits per heavy atom. The molecule has 4 heterocycles. The van der Waals surface area contributed by atoms with Crippen LogP contribution in [0.1, 0.15) is 34.3 Å². The first-order chi connectivity index (χ1) is 15.2. The zero-order valence-corrected chi connectivity index (χ0v) is 19.0. The number of nitrogens with zero attached hydrogens (tertiary/aromatic N) is 4. The highest BCUT2D eigenvalue weighted by molar-refractivity contribution is 7.91. The van der Waals surface area contributed by atoms with Crippen LogP contribution in [0.5, 0.6) is 0 Å². The van der Waals surface area contributed by atoms with Gasteiger partial charge in [0.25, 0.3) is 5.91 Å². The number of hydrogen-bond donors (Lipinski definition) is 2. The van der Waals surface area contributed by atoms with Crippen LogP contribution in [-0.4, -0.2) is 43.4 Å². The van der Waals surface area contributed by atoms with Crippen LogP contribution in [0.2, 0.25) is 0 Å². The molecule has 3 aromatic rings. The second-order valence-electron chi connectivity index (χ2n) is 7.33. The van der Waals surface area contributed by atoms with Gasteiger partial charge in [-0.1, -0.05) is 6.92 Å². The fraction of sp³-hybridized carbons (Fsp3) is 0.300. The van der Waals surface area contributed by atoms with Crippen molar-refractivity contribution in [2.24, 2.45) is 5.14 Å². The van der Waals surface area contributed by atoms with Crippen molar-refractivity contribution in [3.8, 4) is 17.5 Å². The van der Waals surface area contributed by atoms with E-state index in [2.05, 4.69) is 21.4 Å². The lowest BCUT2D eigenvalue weighted by Crippen LogP contribution is -2.60. The van der Waals surface area contributed by atoms with Crippen molar-refractivity contribution in [2.45, 2.75) is 30.5 Å². The van der Waals surface area contributed by atoms with Gasteiger partial charge >= 0.3 is 0 Å². The van der Waals surface area contributed by atoms with Crippen LogP contribution in [0, 0.1) is 18.3 Å². The predicted molar refractivity (Wildman–Crippen MR) is 118 cm³/mol. The summed E-state index contributed by atoms with van der Waals surface area (Å²) in [6.07, 6.45) is 2.37. The van der Waals surface area contributed by atoms with E-state index in [1.54, 1.807) is 12.3 Å². The summed E-state index contributed by atoms with van der Waals surface area (Å²) in [6.45, 7) is 4.65. The van der Waals surface area contributed by atoms with Crippen molar-refractivity contribution in [3.05, 3.63) is 46.3 Å². The number of pyridine rings is 1. The van der Waals surface area contributed by atoms with E-state index in [0.717, 1.165) is 17.1 Å². The number of amides is 1. The van der Waals surface area contributed by atoms with Crippen LogP contribution < -0.4 is 15.4 Å². The molecule has 12 heteroatoms. The first-order valence-corrected chi connectivity index (χ1v) is 12.2. The van der Waals surface area contributed by atoms with Crippen LogP contribution in [0.4, 0.5) is 5.82 Å². The molecule has 0 spiro atoms. The lowest BCUT2D eigenvalue weighted by molar-refractivity contribution is 0.0927. The summed E-state index contributed by atoms with van der Waals surface area (Å²) in [6, 6.07) is 5.08. The third kappa shape index (κ3) is 4.10. The monoisotopic (exact) mass is 472 g/mol. The maximum absolute atomic E-state index is 12.5. The highest BCUT2D eigenvalue weighted by atomic mass is 32.2. The zero-order valence-electron chi connectivity index (χ0n) is 17.3. The molecule has 0 saturated carbocycles. The molecule has 10 nitrogen and oxygen atoms in total. The number of nitrogens with two attached hydrogens (primary N) is 1. The van der Waals surface area contributed by atoms with Crippen molar-refractivity contribution in [2.75, 3.05) is 18.0 Å². The topological polar surface area (TPSA) is 155 Å². The van der Waals surface area contributed by atoms with Crippen molar-refractivity contribution in [1.29, 1.82) is 5.26 Å². The van der Waals surface area contributed by atoms with Gasteiger partial charge in [0.1, 0.15) is 21.9 Å². The molecule has 1 amide bonds. The summed E-state index contributed by atoms with van der Waals surface area (Å²) in [5, 5.41) is 19.1. The molecule has 0 aromatic carbocycles. The van der Waals surface area contributed by atoms with Gasteiger partial charge in [0.2, 0.25) is 15.9 Å². The van der Waals surface area contributed by atoms with E-state index in [-0.39, 0.29) is 15.8 Å². The zero-order chi connectivity index (χ0) is 23.0. The number of thiophene rings is 1. The standard InChI is InChI=1S/C20H20N6O4S2/c1-3-14-8-23-19(30-14)16-6-12(7-21)17(24-11(16)2)26-9-13(10-26)25-18(27)15-4-5-31-20(15)32(22,28)29/h4-6,8,13H,3,9-10H2,1-2H3,(H,25,27)(H2,22,28,29). The molecule has 1 aliphatic heterocycles. The number of hydrogen-bond acceptors (Lipinski definition) is 9. The molecule has 4 rings (SSSR count). The Labute approximate surface area is 188 Å².